The molecule has 2 aromatic rings. The SMILES string of the molecule is NCC(c1cccnc1)C(O)c1csc(I)c1. The summed E-state index contributed by atoms with van der Waals surface area (Å²) in [7, 11) is 0. The molecule has 2 heterocycles. The van der Waals surface area contributed by atoms with E-state index in [1.807, 2.05) is 23.6 Å². The third-order valence-electron chi connectivity index (χ3n) is 2.68. The number of pyridine rings is 1. The molecular formula is C12H13IN2OS. The Balaban J connectivity index is 2.25. The summed E-state index contributed by atoms with van der Waals surface area (Å²) in [6.45, 7) is 0.402. The molecule has 17 heavy (non-hydrogen) atoms. The Bertz CT molecular complexity index is 474. The van der Waals surface area contributed by atoms with E-state index >= 15 is 0 Å². The van der Waals surface area contributed by atoms with Crippen LogP contribution >= 0.6 is 33.9 Å². The predicted octanol–water partition coefficient (Wildman–Crippen LogP) is 2.52. The molecule has 0 aromatic carbocycles. The summed E-state index contributed by atoms with van der Waals surface area (Å²) in [5.41, 5.74) is 7.67. The van der Waals surface area contributed by atoms with Gasteiger partial charge in [-0.05, 0) is 51.2 Å². The predicted molar refractivity (Wildman–Crippen MR) is 78.0 cm³/mol. The highest BCUT2D eigenvalue weighted by Crippen LogP contribution is 2.32. The van der Waals surface area contributed by atoms with Gasteiger partial charge in [0.25, 0.3) is 0 Å². The van der Waals surface area contributed by atoms with Gasteiger partial charge in [0.2, 0.25) is 0 Å². The minimum atomic E-state index is -0.566. The van der Waals surface area contributed by atoms with E-state index < -0.39 is 6.10 Å². The average Bonchev–Trinajstić information content (AvgIpc) is 2.78. The zero-order chi connectivity index (χ0) is 12.3. The summed E-state index contributed by atoms with van der Waals surface area (Å²) in [4.78, 5) is 4.07. The first kappa shape index (κ1) is 12.9. The maximum atomic E-state index is 10.3. The van der Waals surface area contributed by atoms with Crippen LogP contribution in [0.2, 0.25) is 0 Å². The van der Waals surface area contributed by atoms with Gasteiger partial charge in [0, 0.05) is 24.9 Å². The van der Waals surface area contributed by atoms with Gasteiger partial charge in [-0.3, -0.25) is 4.98 Å². The van der Waals surface area contributed by atoms with E-state index in [4.69, 9.17) is 5.73 Å². The molecule has 0 aliphatic rings. The van der Waals surface area contributed by atoms with Crippen LogP contribution in [0.3, 0.4) is 0 Å². The molecule has 2 unspecified atom stereocenters. The van der Waals surface area contributed by atoms with Crippen molar-refractivity contribution in [2.75, 3.05) is 6.54 Å². The van der Waals surface area contributed by atoms with Crippen molar-refractivity contribution in [1.29, 1.82) is 0 Å². The molecule has 0 saturated carbocycles. The van der Waals surface area contributed by atoms with E-state index in [0.29, 0.717) is 6.54 Å². The molecule has 3 nitrogen and oxygen atoms in total. The maximum absolute atomic E-state index is 10.3. The molecular weight excluding hydrogens is 347 g/mol. The lowest BCUT2D eigenvalue weighted by molar-refractivity contribution is 0.147. The minimum Gasteiger partial charge on any atom is -0.388 e. The van der Waals surface area contributed by atoms with Crippen molar-refractivity contribution in [3.05, 3.63) is 50.0 Å². The highest BCUT2D eigenvalue weighted by atomic mass is 127. The molecule has 0 bridgehead atoms. The Morgan fingerprint density at radius 1 is 1.47 bits per heavy atom. The molecule has 2 rings (SSSR count). The Morgan fingerprint density at radius 2 is 2.29 bits per heavy atom. The molecule has 90 valence electrons. The maximum Gasteiger partial charge on any atom is 0.0879 e. The molecule has 2 aromatic heterocycles. The number of hydrogen-bond donors (Lipinski definition) is 2. The largest absolute Gasteiger partial charge is 0.388 e. The van der Waals surface area contributed by atoms with Gasteiger partial charge in [-0.25, -0.2) is 0 Å². The van der Waals surface area contributed by atoms with Gasteiger partial charge in [-0.15, -0.1) is 11.3 Å². The van der Waals surface area contributed by atoms with Gasteiger partial charge in [-0.2, -0.15) is 0 Å². The van der Waals surface area contributed by atoms with Crippen molar-refractivity contribution in [1.82, 2.24) is 4.98 Å². The van der Waals surface area contributed by atoms with Crippen molar-refractivity contribution in [2.45, 2.75) is 12.0 Å². The molecule has 5 heteroatoms. The van der Waals surface area contributed by atoms with Crippen LogP contribution < -0.4 is 5.73 Å². The van der Waals surface area contributed by atoms with Crippen molar-refractivity contribution in [3.8, 4) is 0 Å². The average molecular weight is 360 g/mol. The number of hydrogen-bond acceptors (Lipinski definition) is 4. The Kier molecular flexibility index (Phi) is 4.49. The fourth-order valence-electron chi connectivity index (χ4n) is 1.75. The van der Waals surface area contributed by atoms with Crippen LogP contribution in [0.5, 0.6) is 0 Å². The first-order valence-electron chi connectivity index (χ1n) is 5.24. The van der Waals surface area contributed by atoms with E-state index in [1.54, 1.807) is 23.7 Å². The lowest BCUT2D eigenvalue weighted by atomic mass is 9.91. The smallest absolute Gasteiger partial charge is 0.0879 e. The summed E-state index contributed by atoms with van der Waals surface area (Å²) < 4.78 is 1.17. The second-order valence-electron chi connectivity index (χ2n) is 3.76. The lowest BCUT2D eigenvalue weighted by Gasteiger charge is -2.20. The molecule has 2 atom stereocenters. The van der Waals surface area contributed by atoms with E-state index in [9.17, 15) is 5.11 Å². The molecule has 0 fully saturated rings. The Hall–Kier alpha value is -0.500. The standard InChI is InChI=1S/C12H13IN2OS/c13-11-4-9(7-17-11)12(16)10(5-14)8-2-1-3-15-6-8/h1-4,6-7,10,12,16H,5,14H2. The third kappa shape index (κ3) is 3.04. The topological polar surface area (TPSA) is 59.1 Å². The second-order valence-corrected chi connectivity index (χ2v) is 6.56. The number of aromatic nitrogens is 1. The minimum absolute atomic E-state index is 0.103. The number of nitrogens with zero attached hydrogens (tertiary/aromatic N) is 1. The molecule has 0 radical (unpaired) electrons. The van der Waals surface area contributed by atoms with Gasteiger partial charge < -0.3 is 10.8 Å². The van der Waals surface area contributed by atoms with Crippen molar-refractivity contribution in [2.24, 2.45) is 5.73 Å². The van der Waals surface area contributed by atoms with Crippen LogP contribution in [0.4, 0.5) is 0 Å². The zero-order valence-electron chi connectivity index (χ0n) is 9.08. The van der Waals surface area contributed by atoms with Gasteiger partial charge in [-0.1, -0.05) is 6.07 Å². The summed E-state index contributed by atoms with van der Waals surface area (Å²) in [6.07, 6.45) is 2.92. The highest BCUT2D eigenvalue weighted by molar-refractivity contribution is 14.1. The van der Waals surface area contributed by atoms with Crippen LogP contribution in [0.15, 0.2) is 36.0 Å². The van der Waals surface area contributed by atoms with Crippen molar-refractivity contribution >= 4 is 33.9 Å². The van der Waals surface area contributed by atoms with Gasteiger partial charge in [0.1, 0.15) is 0 Å². The summed E-state index contributed by atoms with van der Waals surface area (Å²) in [5.74, 6) is -0.103. The first-order chi connectivity index (χ1) is 8.22. The van der Waals surface area contributed by atoms with E-state index in [1.165, 1.54) is 2.88 Å². The van der Waals surface area contributed by atoms with E-state index in [0.717, 1.165) is 11.1 Å². The number of aliphatic hydroxyl groups excluding tert-OH is 1. The van der Waals surface area contributed by atoms with Gasteiger partial charge in [0.05, 0.1) is 8.99 Å². The van der Waals surface area contributed by atoms with Crippen LogP contribution in [-0.4, -0.2) is 16.6 Å². The zero-order valence-corrected chi connectivity index (χ0v) is 12.1. The van der Waals surface area contributed by atoms with Gasteiger partial charge >= 0.3 is 0 Å². The molecule has 3 N–H and O–H groups in total. The number of thiophene rings is 1. The normalized spacial score (nSPS) is 14.5. The summed E-state index contributed by atoms with van der Waals surface area (Å²) in [5, 5.41) is 12.3. The molecule has 0 aliphatic heterocycles. The quantitative estimate of drug-likeness (QED) is 0.824. The Morgan fingerprint density at radius 3 is 2.82 bits per heavy atom. The second kappa shape index (κ2) is 5.90. The van der Waals surface area contributed by atoms with Crippen LogP contribution in [-0.2, 0) is 0 Å². The van der Waals surface area contributed by atoms with E-state index in [2.05, 4.69) is 27.6 Å². The van der Waals surface area contributed by atoms with Crippen molar-refractivity contribution < 1.29 is 5.11 Å². The lowest BCUT2D eigenvalue weighted by Crippen LogP contribution is -2.20. The number of nitrogens with two attached hydrogens (primary N) is 1. The highest BCUT2D eigenvalue weighted by Gasteiger charge is 2.22. The monoisotopic (exact) mass is 360 g/mol. The molecule has 0 amide bonds. The van der Waals surface area contributed by atoms with E-state index in [-0.39, 0.29) is 5.92 Å². The van der Waals surface area contributed by atoms with Crippen molar-refractivity contribution in [3.63, 3.8) is 0 Å². The summed E-state index contributed by atoms with van der Waals surface area (Å²) >= 11 is 3.87. The molecule has 0 spiro atoms. The van der Waals surface area contributed by atoms with Crippen LogP contribution in [0.25, 0.3) is 0 Å². The Labute approximate surface area is 118 Å². The molecule has 0 saturated heterocycles. The first-order valence-corrected chi connectivity index (χ1v) is 7.20. The number of halogens is 1. The summed E-state index contributed by atoms with van der Waals surface area (Å²) in [6, 6.07) is 5.81. The molecule has 0 aliphatic carbocycles. The van der Waals surface area contributed by atoms with Gasteiger partial charge in [0.15, 0.2) is 0 Å². The number of aliphatic hydroxyl groups is 1. The fraction of sp³-hybridized carbons (Fsp3) is 0.250. The number of rotatable bonds is 4. The third-order valence-corrected chi connectivity index (χ3v) is 4.48. The van der Waals surface area contributed by atoms with Crippen LogP contribution in [0.1, 0.15) is 23.1 Å². The fourth-order valence-corrected chi connectivity index (χ4v) is 3.15. The van der Waals surface area contributed by atoms with Crippen LogP contribution in [0, 0.1) is 2.88 Å².